The normalized spacial score (nSPS) is 20.7. The number of fused-ring (bicyclic) bond motifs is 1. The van der Waals surface area contributed by atoms with Crippen LogP contribution in [0.1, 0.15) is 89.3 Å². The molecule has 4 heteroatoms. The molecule has 1 saturated carbocycles. The van der Waals surface area contributed by atoms with Crippen LogP contribution in [0, 0.1) is 17.3 Å². The number of benzene rings is 2. The Morgan fingerprint density at radius 2 is 1.85 bits per heavy atom. The second-order valence-corrected chi connectivity index (χ2v) is 12.7. The van der Waals surface area contributed by atoms with Gasteiger partial charge in [-0.2, -0.15) is 0 Å². The van der Waals surface area contributed by atoms with Gasteiger partial charge in [-0.05, 0) is 100 Å². The molecule has 2 aromatic carbocycles. The summed E-state index contributed by atoms with van der Waals surface area (Å²) in [6.07, 6.45) is 15.9. The van der Waals surface area contributed by atoms with E-state index in [-0.39, 0.29) is 23.4 Å². The molecule has 0 aliphatic heterocycles. The number of aryl methyl sites for hydroxylation is 1. The van der Waals surface area contributed by atoms with Gasteiger partial charge in [0.25, 0.3) is 0 Å². The fourth-order valence-corrected chi connectivity index (χ4v) is 5.82. The van der Waals surface area contributed by atoms with Crippen molar-refractivity contribution < 1.29 is 19.4 Å². The zero-order chi connectivity index (χ0) is 28.6. The third-order valence-corrected chi connectivity index (χ3v) is 8.05. The van der Waals surface area contributed by atoms with E-state index in [4.69, 9.17) is 9.47 Å². The molecule has 212 valence electrons. The summed E-state index contributed by atoms with van der Waals surface area (Å²) in [4.78, 5) is 12.1. The van der Waals surface area contributed by atoms with Crippen molar-refractivity contribution >= 4 is 5.97 Å². The zero-order valence-corrected chi connectivity index (χ0v) is 24.5. The number of allylic oxidation sites excluding steroid dienone is 3. The molecule has 1 N–H and O–H groups in total. The largest absolute Gasteiger partial charge is 0.482 e. The highest BCUT2D eigenvalue weighted by Gasteiger charge is 2.37. The van der Waals surface area contributed by atoms with Crippen molar-refractivity contribution in [1.29, 1.82) is 0 Å². The lowest BCUT2D eigenvalue weighted by atomic mass is 9.64. The summed E-state index contributed by atoms with van der Waals surface area (Å²) in [7, 11) is 0. The second-order valence-electron chi connectivity index (χ2n) is 12.7. The van der Waals surface area contributed by atoms with Crippen LogP contribution < -0.4 is 4.74 Å². The van der Waals surface area contributed by atoms with Crippen LogP contribution in [0.3, 0.4) is 0 Å². The van der Waals surface area contributed by atoms with Crippen LogP contribution in [0.25, 0.3) is 0 Å². The molecule has 2 aliphatic rings. The number of aliphatic hydroxyl groups is 1. The van der Waals surface area contributed by atoms with Crippen molar-refractivity contribution in [3.05, 3.63) is 89.5 Å². The summed E-state index contributed by atoms with van der Waals surface area (Å²) in [6.45, 7) is 7.69. The fourth-order valence-electron chi connectivity index (χ4n) is 5.82. The predicted octanol–water partition coefficient (Wildman–Crippen LogP) is 7.48. The zero-order valence-electron chi connectivity index (χ0n) is 24.5. The number of hydrogen-bond acceptors (Lipinski definition) is 4. The first kappa shape index (κ1) is 29.7. The van der Waals surface area contributed by atoms with Crippen LogP contribution in [0.15, 0.2) is 72.8 Å². The number of rotatable bonds is 9. The number of esters is 1. The van der Waals surface area contributed by atoms with E-state index in [0.29, 0.717) is 5.75 Å². The van der Waals surface area contributed by atoms with Crippen LogP contribution in [0.4, 0.5) is 0 Å². The Labute approximate surface area is 240 Å². The summed E-state index contributed by atoms with van der Waals surface area (Å²) in [5, 5.41) is 10.8. The van der Waals surface area contributed by atoms with E-state index in [9.17, 15) is 9.90 Å². The molecule has 0 aromatic heterocycles. The summed E-state index contributed by atoms with van der Waals surface area (Å²) < 4.78 is 11.2. The first-order chi connectivity index (χ1) is 19.1. The molecule has 2 aliphatic carbocycles. The van der Waals surface area contributed by atoms with E-state index in [1.54, 1.807) is 0 Å². The molecule has 4 rings (SSSR count). The highest BCUT2D eigenvalue weighted by atomic mass is 16.6. The van der Waals surface area contributed by atoms with Crippen LogP contribution in [-0.4, -0.2) is 29.4 Å². The molecule has 2 unspecified atom stereocenters. The van der Waals surface area contributed by atoms with Crippen molar-refractivity contribution in [3.63, 3.8) is 0 Å². The van der Waals surface area contributed by atoms with E-state index < -0.39 is 11.7 Å². The molecule has 2 atom stereocenters. The third-order valence-electron chi connectivity index (χ3n) is 8.05. The summed E-state index contributed by atoms with van der Waals surface area (Å²) in [5.41, 5.74) is 3.04. The van der Waals surface area contributed by atoms with Gasteiger partial charge in [-0.15, -0.1) is 0 Å². The highest BCUT2D eigenvalue weighted by molar-refractivity contribution is 5.71. The first-order valence-electron chi connectivity index (χ1n) is 14.6. The van der Waals surface area contributed by atoms with Crippen molar-refractivity contribution in [2.75, 3.05) is 6.61 Å². The quantitative estimate of drug-likeness (QED) is 0.204. The Kier molecular flexibility index (Phi) is 9.59. The summed E-state index contributed by atoms with van der Waals surface area (Å²) in [6, 6.07) is 16.2. The van der Waals surface area contributed by atoms with E-state index in [1.807, 2.05) is 69.3 Å². The molecule has 0 heterocycles. The van der Waals surface area contributed by atoms with Gasteiger partial charge in [0.15, 0.2) is 6.61 Å². The minimum atomic E-state index is -0.532. The number of carbonyl (C=O) groups excluding carboxylic acids is 1. The van der Waals surface area contributed by atoms with Crippen LogP contribution >= 0.6 is 0 Å². The van der Waals surface area contributed by atoms with Gasteiger partial charge in [0.2, 0.25) is 0 Å². The van der Waals surface area contributed by atoms with E-state index in [2.05, 4.69) is 43.0 Å². The van der Waals surface area contributed by atoms with Crippen molar-refractivity contribution in [2.45, 2.75) is 96.2 Å². The summed E-state index contributed by atoms with van der Waals surface area (Å²) >= 11 is 0. The SMILES string of the molecule is CC(C)(C)OC(=O)COc1ccc2c(c1)C(C)(/C=C/C=C/C(O)CC1(CC#Cc3ccccc3)CCC1)CCC2. The Balaban J connectivity index is 1.35. The average molecular weight is 541 g/mol. The number of aliphatic hydroxyl groups excluding tert-OH is 1. The Bertz CT molecular complexity index is 1270. The lowest BCUT2D eigenvalue weighted by Gasteiger charge is -2.41. The van der Waals surface area contributed by atoms with Gasteiger partial charge in [-0.25, -0.2) is 4.79 Å². The molecule has 2 aromatic rings. The lowest BCUT2D eigenvalue weighted by Crippen LogP contribution is -2.32. The average Bonchev–Trinajstić information content (AvgIpc) is 2.88. The molecule has 0 amide bonds. The van der Waals surface area contributed by atoms with Gasteiger partial charge in [0.1, 0.15) is 11.4 Å². The first-order valence-corrected chi connectivity index (χ1v) is 14.6. The van der Waals surface area contributed by atoms with Crippen LogP contribution in [0.5, 0.6) is 5.75 Å². The minimum Gasteiger partial charge on any atom is -0.482 e. The van der Waals surface area contributed by atoms with Crippen LogP contribution in [-0.2, 0) is 21.4 Å². The maximum atomic E-state index is 12.1. The Hall–Kier alpha value is -3.29. The standard InChI is InChI=1S/C36H44O4/c1-34(2,3)40-33(38)27-39-31-19-18-29-16-11-21-35(4,32(29)25-31)20-9-8-17-30(37)26-36(23-12-24-36)22-10-15-28-13-6-5-7-14-28/h5-9,13-14,17-20,25,30,37H,11-12,16,21-24,26-27H2,1-4H3/b17-8+,20-9+. The monoisotopic (exact) mass is 540 g/mol. The van der Waals surface area contributed by atoms with Gasteiger partial charge in [0.05, 0.1) is 6.10 Å². The third kappa shape index (κ3) is 8.35. The van der Waals surface area contributed by atoms with Gasteiger partial charge in [-0.1, -0.05) is 73.8 Å². The van der Waals surface area contributed by atoms with E-state index in [1.165, 1.54) is 17.5 Å². The number of ether oxygens (including phenoxy) is 2. The molecular formula is C36H44O4. The molecular weight excluding hydrogens is 496 g/mol. The molecule has 40 heavy (non-hydrogen) atoms. The molecule has 0 bridgehead atoms. The number of hydrogen-bond donors (Lipinski definition) is 1. The maximum Gasteiger partial charge on any atom is 0.344 e. The van der Waals surface area contributed by atoms with Gasteiger partial charge < -0.3 is 14.6 Å². The van der Waals surface area contributed by atoms with Crippen molar-refractivity contribution in [1.82, 2.24) is 0 Å². The maximum absolute atomic E-state index is 12.1. The topological polar surface area (TPSA) is 55.8 Å². The predicted molar refractivity (Wildman–Crippen MR) is 161 cm³/mol. The van der Waals surface area contributed by atoms with E-state index >= 15 is 0 Å². The van der Waals surface area contributed by atoms with Crippen molar-refractivity contribution in [2.24, 2.45) is 5.41 Å². The Morgan fingerprint density at radius 1 is 1.07 bits per heavy atom. The second kappa shape index (κ2) is 12.9. The van der Waals surface area contributed by atoms with E-state index in [0.717, 1.165) is 50.5 Å². The highest BCUT2D eigenvalue weighted by Crippen LogP contribution is 2.47. The molecule has 0 radical (unpaired) electrons. The summed E-state index contributed by atoms with van der Waals surface area (Å²) in [5.74, 6) is 6.95. The van der Waals surface area contributed by atoms with Gasteiger partial charge in [0, 0.05) is 17.4 Å². The molecule has 0 saturated heterocycles. The Morgan fingerprint density at radius 3 is 2.55 bits per heavy atom. The van der Waals surface area contributed by atoms with Gasteiger partial charge in [-0.3, -0.25) is 0 Å². The molecule has 0 spiro atoms. The number of carbonyl (C=O) groups is 1. The molecule has 1 fully saturated rings. The van der Waals surface area contributed by atoms with Gasteiger partial charge >= 0.3 is 5.97 Å². The molecule has 4 nitrogen and oxygen atoms in total. The van der Waals surface area contributed by atoms with Crippen LogP contribution in [0.2, 0.25) is 0 Å². The fraction of sp³-hybridized carbons (Fsp3) is 0.472. The smallest absolute Gasteiger partial charge is 0.344 e. The minimum absolute atomic E-state index is 0.109. The lowest BCUT2D eigenvalue weighted by molar-refractivity contribution is -0.157. The van der Waals surface area contributed by atoms with Crippen molar-refractivity contribution in [3.8, 4) is 17.6 Å².